The van der Waals surface area contributed by atoms with Crippen molar-refractivity contribution in [3.8, 4) is 5.75 Å². The van der Waals surface area contributed by atoms with Crippen LogP contribution < -0.4 is 4.74 Å². The third kappa shape index (κ3) is 3.57. The number of aromatic carboxylic acids is 1. The van der Waals surface area contributed by atoms with Gasteiger partial charge in [-0.3, -0.25) is 0 Å². The number of benzene rings is 1. The minimum Gasteiger partial charge on any atom is -0.485 e. The van der Waals surface area contributed by atoms with Gasteiger partial charge < -0.3 is 14.9 Å². The first-order valence-corrected chi connectivity index (χ1v) is 7.31. The number of carboxylic acids is 1. The van der Waals surface area contributed by atoms with Crippen LogP contribution >= 0.6 is 23.2 Å². The van der Waals surface area contributed by atoms with Crippen LogP contribution in [0.4, 0.5) is 0 Å². The molecule has 110 valence electrons. The highest BCUT2D eigenvalue weighted by Gasteiger charge is 2.26. The van der Waals surface area contributed by atoms with Crippen LogP contribution in [0.25, 0.3) is 0 Å². The van der Waals surface area contributed by atoms with Crippen molar-refractivity contribution < 1.29 is 19.7 Å². The van der Waals surface area contributed by atoms with Crippen LogP contribution in [0.2, 0.25) is 10.0 Å². The number of carboxylic acid groups (broad SMARTS) is 1. The SMILES string of the molecule is O=C(O)c1cc(Cl)cc(Cl)c1OC1CCCCCC1O. The molecule has 0 bridgehead atoms. The van der Waals surface area contributed by atoms with Crippen LogP contribution in [0.3, 0.4) is 0 Å². The van der Waals surface area contributed by atoms with Crippen molar-refractivity contribution in [2.75, 3.05) is 0 Å². The van der Waals surface area contributed by atoms with E-state index in [1.54, 1.807) is 0 Å². The zero-order chi connectivity index (χ0) is 14.7. The summed E-state index contributed by atoms with van der Waals surface area (Å²) in [5.74, 6) is -1.08. The summed E-state index contributed by atoms with van der Waals surface area (Å²) < 4.78 is 5.70. The molecule has 2 unspecified atom stereocenters. The van der Waals surface area contributed by atoms with Crippen molar-refractivity contribution in [2.45, 2.75) is 44.3 Å². The Labute approximate surface area is 127 Å². The molecule has 1 aliphatic carbocycles. The lowest BCUT2D eigenvalue weighted by Crippen LogP contribution is -2.31. The summed E-state index contributed by atoms with van der Waals surface area (Å²) in [6, 6.07) is 2.74. The topological polar surface area (TPSA) is 66.8 Å². The van der Waals surface area contributed by atoms with Crippen LogP contribution in [-0.2, 0) is 0 Å². The van der Waals surface area contributed by atoms with Gasteiger partial charge in [-0.15, -0.1) is 0 Å². The van der Waals surface area contributed by atoms with E-state index in [9.17, 15) is 15.0 Å². The summed E-state index contributed by atoms with van der Waals surface area (Å²) in [6.45, 7) is 0. The minimum absolute atomic E-state index is 0.0783. The lowest BCUT2D eigenvalue weighted by molar-refractivity contribution is 0.0306. The smallest absolute Gasteiger partial charge is 0.339 e. The molecule has 0 aromatic heterocycles. The first-order chi connectivity index (χ1) is 9.49. The highest BCUT2D eigenvalue weighted by molar-refractivity contribution is 6.36. The largest absolute Gasteiger partial charge is 0.485 e. The molecule has 1 saturated carbocycles. The molecule has 0 aliphatic heterocycles. The fraction of sp³-hybridized carbons (Fsp3) is 0.500. The zero-order valence-electron chi connectivity index (χ0n) is 10.8. The van der Waals surface area contributed by atoms with Crippen molar-refractivity contribution in [3.05, 3.63) is 27.7 Å². The van der Waals surface area contributed by atoms with Crippen molar-refractivity contribution in [2.24, 2.45) is 0 Å². The third-order valence-electron chi connectivity index (χ3n) is 3.43. The number of ether oxygens (including phenoxy) is 1. The number of hydrogen-bond donors (Lipinski definition) is 2. The van der Waals surface area contributed by atoms with Gasteiger partial charge in [-0.1, -0.05) is 36.0 Å². The monoisotopic (exact) mass is 318 g/mol. The van der Waals surface area contributed by atoms with Gasteiger partial charge >= 0.3 is 5.97 Å². The maximum atomic E-state index is 11.3. The second kappa shape index (κ2) is 6.66. The number of rotatable bonds is 3. The number of aliphatic hydroxyl groups is 1. The second-order valence-corrected chi connectivity index (χ2v) is 5.77. The van der Waals surface area contributed by atoms with Crippen LogP contribution in [0.15, 0.2) is 12.1 Å². The first-order valence-electron chi connectivity index (χ1n) is 6.56. The highest BCUT2D eigenvalue weighted by Crippen LogP contribution is 2.35. The number of aliphatic hydroxyl groups excluding tert-OH is 1. The van der Waals surface area contributed by atoms with Gasteiger partial charge in [0.05, 0.1) is 11.1 Å². The fourth-order valence-electron chi connectivity index (χ4n) is 2.38. The quantitative estimate of drug-likeness (QED) is 0.833. The molecular weight excluding hydrogens is 303 g/mol. The first kappa shape index (κ1) is 15.4. The summed E-state index contributed by atoms with van der Waals surface area (Å²) in [6.07, 6.45) is 3.21. The summed E-state index contributed by atoms with van der Waals surface area (Å²) in [4.78, 5) is 11.3. The third-order valence-corrected chi connectivity index (χ3v) is 3.92. The zero-order valence-corrected chi connectivity index (χ0v) is 12.3. The van der Waals surface area contributed by atoms with Crippen molar-refractivity contribution in [1.29, 1.82) is 0 Å². The van der Waals surface area contributed by atoms with Crippen molar-refractivity contribution in [1.82, 2.24) is 0 Å². The molecular formula is C14H16Cl2O4. The average Bonchev–Trinajstić information content (AvgIpc) is 2.57. The Morgan fingerprint density at radius 1 is 1.20 bits per heavy atom. The van der Waals surface area contributed by atoms with Crippen molar-refractivity contribution >= 4 is 29.2 Å². The Hall–Kier alpha value is -0.970. The lowest BCUT2D eigenvalue weighted by Gasteiger charge is -2.23. The van der Waals surface area contributed by atoms with Crippen LogP contribution in [0.5, 0.6) is 5.75 Å². The fourth-order valence-corrected chi connectivity index (χ4v) is 2.92. The minimum atomic E-state index is -1.16. The van der Waals surface area contributed by atoms with E-state index < -0.39 is 18.2 Å². The van der Waals surface area contributed by atoms with Gasteiger partial charge in [-0.2, -0.15) is 0 Å². The Morgan fingerprint density at radius 3 is 2.60 bits per heavy atom. The molecule has 2 atom stereocenters. The van der Waals surface area contributed by atoms with Crippen LogP contribution in [0.1, 0.15) is 42.5 Å². The number of halogens is 2. The molecule has 0 saturated heterocycles. The normalized spacial score (nSPS) is 23.1. The van der Waals surface area contributed by atoms with Gasteiger partial charge in [0.15, 0.2) is 5.75 Å². The Balaban J connectivity index is 2.29. The van der Waals surface area contributed by atoms with E-state index in [4.69, 9.17) is 27.9 Å². The summed E-state index contributed by atoms with van der Waals surface area (Å²) in [5.41, 5.74) is -0.0843. The molecule has 0 radical (unpaired) electrons. The highest BCUT2D eigenvalue weighted by atomic mass is 35.5. The standard InChI is InChI=1S/C14H16Cl2O4/c15-8-6-9(14(18)19)13(10(16)7-8)20-12-5-3-1-2-4-11(12)17/h6-7,11-12,17H,1-5H2,(H,18,19). The molecule has 4 nitrogen and oxygen atoms in total. The Morgan fingerprint density at radius 2 is 1.90 bits per heavy atom. The van der Waals surface area contributed by atoms with Crippen molar-refractivity contribution in [3.63, 3.8) is 0 Å². The van der Waals surface area contributed by atoms with Gasteiger partial charge in [0.2, 0.25) is 0 Å². The van der Waals surface area contributed by atoms with E-state index in [2.05, 4.69) is 0 Å². The molecule has 0 amide bonds. The number of hydrogen-bond acceptors (Lipinski definition) is 3. The van der Waals surface area contributed by atoms with E-state index in [1.165, 1.54) is 12.1 Å². The maximum absolute atomic E-state index is 11.3. The average molecular weight is 319 g/mol. The second-order valence-electron chi connectivity index (χ2n) is 4.93. The number of carbonyl (C=O) groups is 1. The van der Waals surface area contributed by atoms with E-state index in [0.717, 1.165) is 19.3 Å². The van der Waals surface area contributed by atoms with E-state index in [0.29, 0.717) is 12.8 Å². The molecule has 2 N–H and O–H groups in total. The molecule has 6 heteroatoms. The summed E-state index contributed by atoms with van der Waals surface area (Å²) >= 11 is 11.8. The van der Waals surface area contributed by atoms with Gasteiger partial charge in [0.25, 0.3) is 0 Å². The van der Waals surface area contributed by atoms with E-state index in [1.807, 2.05) is 0 Å². The molecule has 1 aromatic carbocycles. The molecule has 20 heavy (non-hydrogen) atoms. The molecule has 0 spiro atoms. The van der Waals surface area contributed by atoms with Crippen LogP contribution in [0, 0.1) is 0 Å². The van der Waals surface area contributed by atoms with Gasteiger partial charge in [-0.05, 0) is 31.4 Å². The molecule has 1 aromatic rings. The molecule has 2 rings (SSSR count). The summed E-state index contributed by atoms with van der Waals surface area (Å²) in [5, 5.41) is 19.6. The lowest BCUT2D eigenvalue weighted by atomic mass is 10.1. The maximum Gasteiger partial charge on any atom is 0.339 e. The van der Waals surface area contributed by atoms with Crippen LogP contribution in [-0.4, -0.2) is 28.4 Å². The Kier molecular flexibility index (Phi) is 5.13. The van der Waals surface area contributed by atoms with Gasteiger partial charge in [0, 0.05) is 5.02 Å². The molecule has 1 fully saturated rings. The predicted octanol–water partition coefficient (Wildman–Crippen LogP) is 3.76. The van der Waals surface area contributed by atoms with E-state index in [-0.39, 0.29) is 21.4 Å². The van der Waals surface area contributed by atoms with Gasteiger partial charge in [0.1, 0.15) is 11.7 Å². The molecule has 1 aliphatic rings. The summed E-state index contributed by atoms with van der Waals surface area (Å²) in [7, 11) is 0. The Bertz CT molecular complexity index is 504. The van der Waals surface area contributed by atoms with E-state index >= 15 is 0 Å². The predicted molar refractivity (Wildman–Crippen MR) is 76.9 cm³/mol. The van der Waals surface area contributed by atoms with Gasteiger partial charge in [-0.25, -0.2) is 4.79 Å². The molecule has 0 heterocycles.